The molecule has 0 aromatic carbocycles. The zero-order valence-corrected chi connectivity index (χ0v) is 12.8. The van der Waals surface area contributed by atoms with Gasteiger partial charge in [-0.2, -0.15) is 5.10 Å². The van der Waals surface area contributed by atoms with Crippen molar-refractivity contribution in [3.05, 3.63) is 28.1 Å². The minimum Gasteiger partial charge on any atom is -0.369 e. The van der Waals surface area contributed by atoms with Gasteiger partial charge in [0.2, 0.25) is 5.95 Å². The van der Waals surface area contributed by atoms with Gasteiger partial charge in [0.15, 0.2) is 5.65 Å². The van der Waals surface area contributed by atoms with Crippen molar-refractivity contribution in [1.82, 2.24) is 19.3 Å². The van der Waals surface area contributed by atoms with Crippen LogP contribution in [0, 0.1) is 6.92 Å². The SMILES string of the molecule is CCn1nc(C)c2nc(N)n(C(C)Cc3cccs3)c21. The van der Waals surface area contributed by atoms with Gasteiger partial charge in [0.25, 0.3) is 0 Å². The second-order valence-electron chi connectivity index (χ2n) is 5.05. The number of aryl methyl sites for hydroxylation is 2. The predicted octanol–water partition coefficient (Wildman–Crippen LogP) is 3.01. The standard InChI is InChI=1S/C14H19N5S/c1-4-18-13-12(10(3)17-18)16-14(15)19(13)9(2)8-11-6-5-7-20-11/h5-7,9H,4,8H2,1-3H3,(H2,15,16). The average Bonchev–Trinajstić information content (AvgIpc) is 3.08. The number of aromatic nitrogens is 4. The van der Waals surface area contributed by atoms with Gasteiger partial charge < -0.3 is 5.73 Å². The molecule has 1 atom stereocenters. The second-order valence-corrected chi connectivity index (χ2v) is 6.08. The van der Waals surface area contributed by atoms with Crippen molar-refractivity contribution in [1.29, 1.82) is 0 Å². The number of thiophene rings is 1. The van der Waals surface area contributed by atoms with E-state index in [9.17, 15) is 0 Å². The predicted molar refractivity (Wildman–Crippen MR) is 83.1 cm³/mol. The Labute approximate surface area is 122 Å². The highest BCUT2D eigenvalue weighted by atomic mass is 32.1. The summed E-state index contributed by atoms with van der Waals surface area (Å²) in [5.74, 6) is 0.576. The topological polar surface area (TPSA) is 61.7 Å². The molecule has 0 radical (unpaired) electrons. The molecule has 3 rings (SSSR count). The molecule has 106 valence electrons. The van der Waals surface area contributed by atoms with Crippen molar-refractivity contribution in [3.8, 4) is 0 Å². The molecule has 1 unspecified atom stereocenters. The molecular formula is C14H19N5S. The molecule has 20 heavy (non-hydrogen) atoms. The lowest BCUT2D eigenvalue weighted by Crippen LogP contribution is -2.14. The lowest BCUT2D eigenvalue weighted by molar-refractivity contribution is 0.546. The van der Waals surface area contributed by atoms with E-state index in [4.69, 9.17) is 5.73 Å². The summed E-state index contributed by atoms with van der Waals surface area (Å²) in [7, 11) is 0. The highest BCUT2D eigenvalue weighted by Crippen LogP contribution is 2.27. The summed E-state index contributed by atoms with van der Waals surface area (Å²) < 4.78 is 4.09. The van der Waals surface area contributed by atoms with Crippen LogP contribution in [0.5, 0.6) is 0 Å². The van der Waals surface area contributed by atoms with E-state index in [-0.39, 0.29) is 6.04 Å². The van der Waals surface area contributed by atoms with Gasteiger partial charge in [0.1, 0.15) is 5.52 Å². The zero-order valence-electron chi connectivity index (χ0n) is 12.0. The van der Waals surface area contributed by atoms with Crippen LogP contribution in [0.3, 0.4) is 0 Å². The number of rotatable bonds is 4. The fraction of sp³-hybridized carbons (Fsp3) is 0.429. The van der Waals surface area contributed by atoms with Crippen LogP contribution >= 0.6 is 11.3 Å². The number of imidazole rings is 1. The van der Waals surface area contributed by atoms with Gasteiger partial charge >= 0.3 is 0 Å². The van der Waals surface area contributed by atoms with Gasteiger partial charge in [-0.1, -0.05) is 6.07 Å². The molecule has 0 saturated heterocycles. The molecule has 5 nitrogen and oxygen atoms in total. The molecule has 0 aliphatic heterocycles. The number of hydrogen-bond donors (Lipinski definition) is 1. The molecule has 0 saturated carbocycles. The van der Waals surface area contributed by atoms with E-state index in [1.54, 1.807) is 11.3 Å². The van der Waals surface area contributed by atoms with Crippen molar-refractivity contribution in [3.63, 3.8) is 0 Å². The first kappa shape index (κ1) is 13.2. The molecule has 3 aromatic rings. The highest BCUT2D eigenvalue weighted by molar-refractivity contribution is 7.09. The lowest BCUT2D eigenvalue weighted by Gasteiger charge is -2.15. The van der Waals surface area contributed by atoms with Crippen LogP contribution in [0.2, 0.25) is 0 Å². The molecule has 0 aliphatic rings. The van der Waals surface area contributed by atoms with Crippen LogP contribution in [0.4, 0.5) is 5.95 Å². The molecule has 0 bridgehead atoms. The van der Waals surface area contributed by atoms with E-state index in [0.29, 0.717) is 5.95 Å². The van der Waals surface area contributed by atoms with E-state index in [1.807, 2.05) is 11.6 Å². The Bertz CT molecular complexity index is 722. The van der Waals surface area contributed by atoms with Gasteiger partial charge in [0, 0.05) is 23.9 Å². The number of nitrogens with zero attached hydrogens (tertiary/aromatic N) is 4. The summed E-state index contributed by atoms with van der Waals surface area (Å²) in [5, 5.41) is 6.64. The third-order valence-corrected chi connectivity index (χ3v) is 4.49. The minimum atomic E-state index is 0.264. The Morgan fingerprint density at radius 3 is 2.90 bits per heavy atom. The third-order valence-electron chi connectivity index (χ3n) is 3.59. The lowest BCUT2D eigenvalue weighted by atomic mass is 10.2. The largest absolute Gasteiger partial charge is 0.369 e. The second kappa shape index (κ2) is 4.94. The van der Waals surface area contributed by atoms with Gasteiger partial charge in [-0.05, 0) is 32.2 Å². The van der Waals surface area contributed by atoms with Gasteiger partial charge in [-0.15, -0.1) is 11.3 Å². The van der Waals surface area contributed by atoms with Crippen LogP contribution in [0.1, 0.15) is 30.5 Å². The maximum Gasteiger partial charge on any atom is 0.202 e. The Morgan fingerprint density at radius 1 is 1.45 bits per heavy atom. The van der Waals surface area contributed by atoms with E-state index in [1.165, 1.54) is 4.88 Å². The fourth-order valence-corrected chi connectivity index (χ4v) is 3.50. The Morgan fingerprint density at radius 2 is 2.25 bits per heavy atom. The number of fused-ring (bicyclic) bond motifs is 1. The molecule has 3 heterocycles. The van der Waals surface area contributed by atoms with Crippen LogP contribution in [0.25, 0.3) is 11.2 Å². The Hall–Kier alpha value is -1.82. The van der Waals surface area contributed by atoms with Crippen LogP contribution < -0.4 is 5.73 Å². The number of hydrogen-bond acceptors (Lipinski definition) is 4. The first-order valence-corrected chi connectivity index (χ1v) is 7.73. The smallest absolute Gasteiger partial charge is 0.202 e. The maximum atomic E-state index is 6.13. The normalized spacial score (nSPS) is 13.2. The van der Waals surface area contributed by atoms with E-state index in [2.05, 4.69) is 46.0 Å². The molecule has 3 aromatic heterocycles. The van der Waals surface area contributed by atoms with E-state index >= 15 is 0 Å². The van der Waals surface area contributed by atoms with Crippen molar-refractivity contribution in [2.24, 2.45) is 0 Å². The van der Waals surface area contributed by atoms with Crippen molar-refractivity contribution >= 4 is 28.4 Å². The Kier molecular flexibility index (Phi) is 3.25. The summed E-state index contributed by atoms with van der Waals surface area (Å²) >= 11 is 1.78. The monoisotopic (exact) mass is 289 g/mol. The van der Waals surface area contributed by atoms with Gasteiger partial charge in [-0.25, -0.2) is 9.67 Å². The molecule has 6 heteroatoms. The molecule has 0 aliphatic carbocycles. The molecule has 0 spiro atoms. The Balaban J connectivity index is 2.07. The van der Waals surface area contributed by atoms with Gasteiger partial charge in [-0.3, -0.25) is 4.57 Å². The van der Waals surface area contributed by atoms with Crippen molar-refractivity contribution < 1.29 is 0 Å². The maximum absolute atomic E-state index is 6.13. The van der Waals surface area contributed by atoms with Crippen molar-refractivity contribution in [2.75, 3.05) is 5.73 Å². The molecule has 0 fully saturated rings. The molecule has 2 N–H and O–H groups in total. The van der Waals surface area contributed by atoms with Crippen molar-refractivity contribution in [2.45, 2.75) is 39.8 Å². The van der Waals surface area contributed by atoms with Crippen LogP contribution in [0.15, 0.2) is 17.5 Å². The number of anilines is 1. The van der Waals surface area contributed by atoms with E-state index < -0.39 is 0 Å². The minimum absolute atomic E-state index is 0.264. The van der Waals surface area contributed by atoms with E-state index in [0.717, 1.165) is 29.8 Å². The fourth-order valence-electron chi connectivity index (χ4n) is 2.67. The number of nitrogens with two attached hydrogens (primary N) is 1. The quantitative estimate of drug-likeness (QED) is 0.803. The summed E-state index contributed by atoms with van der Waals surface area (Å²) in [5.41, 5.74) is 9.03. The summed E-state index contributed by atoms with van der Waals surface area (Å²) in [6, 6.07) is 4.51. The van der Waals surface area contributed by atoms with Gasteiger partial charge in [0.05, 0.1) is 5.69 Å². The number of nitrogen functional groups attached to an aromatic ring is 1. The van der Waals surface area contributed by atoms with Crippen LogP contribution in [-0.4, -0.2) is 19.3 Å². The first-order chi connectivity index (χ1) is 9.61. The third kappa shape index (κ3) is 2.00. The summed E-state index contributed by atoms with van der Waals surface area (Å²) in [6.45, 7) is 7.07. The first-order valence-electron chi connectivity index (χ1n) is 6.85. The molecule has 0 amide bonds. The summed E-state index contributed by atoms with van der Waals surface area (Å²) in [6.07, 6.45) is 0.960. The molecular weight excluding hydrogens is 270 g/mol. The average molecular weight is 289 g/mol. The zero-order chi connectivity index (χ0) is 14.3. The highest BCUT2D eigenvalue weighted by Gasteiger charge is 2.20. The summed E-state index contributed by atoms with van der Waals surface area (Å²) in [4.78, 5) is 5.85. The van der Waals surface area contributed by atoms with Crippen LogP contribution in [-0.2, 0) is 13.0 Å².